The number of nitrogens with one attached hydrogen (secondary N) is 1. The Kier molecular flexibility index (Phi) is 5.40. The smallest absolute Gasteiger partial charge is 0.308 e. The van der Waals surface area contributed by atoms with Crippen molar-refractivity contribution in [2.45, 2.75) is 46.0 Å². The summed E-state index contributed by atoms with van der Waals surface area (Å²) in [6.45, 7) is 4.10. The van der Waals surface area contributed by atoms with E-state index < -0.39 is 11.9 Å². The van der Waals surface area contributed by atoms with Crippen molar-refractivity contribution in [2.75, 3.05) is 6.54 Å². The summed E-state index contributed by atoms with van der Waals surface area (Å²) >= 11 is 0. The van der Waals surface area contributed by atoms with Crippen molar-refractivity contribution in [3.05, 3.63) is 46.8 Å². The topological polar surface area (TPSA) is 84.2 Å². The highest BCUT2D eigenvalue weighted by Gasteiger charge is 2.27. The zero-order valence-corrected chi connectivity index (χ0v) is 15.3. The van der Waals surface area contributed by atoms with Crippen LogP contribution in [-0.2, 0) is 17.6 Å². The Morgan fingerprint density at radius 3 is 2.65 bits per heavy atom. The van der Waals surface area contributed by atoms with Gasteiger partial charge in [-0.05, 0) is 44.7 Å². The molecule has 3 rings (SSSR count). The van der Waals surface area contributed by atoms with Crippen molar-refractivity contribution in [1.29, 1.82) is 0 Å². The predicted octanol–water partition coefficient (Wildman–Crippen LogP) is 2.90. The molecule has 0 bridgehead atoms. The number of carbonyl (C=O) groups excluding carboxylic acids is 1. The van der Waals surface area contributed by atoms with Crippen molar-refractivity contribution in [1.82, 2.24) is 15.1 Å². The molecule has 0 fully saturated rings. The molecule has 0 saturated carbocycles. The number of carbonyl (C=O) groups is 2. The lowest BCUT2D eigenvalue weighted by Crippen LogP contribution is -2.33. The highest BCUT2D eigenvalue weighted by Crippen LogP contribution is 2.28. The van der Waals surface area contributed by atoms with Gasteiger partial charge in [0.05, 0.1) is 11.6 Å². The van der Waals surface area contributed by atoms with Crippen LogP contribution >= 0.6 is 0 Å². The zero-order chi connectivity index (χ0) is 18.7. The third-order valence-corrected chi connectivity index (χ3v) is 4.92. The summed E-state index contributed by atoms with van der Waals surface area (Å²) < 4.78 is 1.86. The molecule has 1 aliphatic rings. The number of aryl methyl sites for hydroxylation is 1. The van der Waals surface area contributed by atoms with Gasteiger partial charge in [0.15, 0.2) is 5.69 Å². The summed E-state index contributed by atoms with van der Waals surface area (Å²) in [4.78, 5) is 23.9. The summed E-state index contributed by atoms with van der Waals surface area (Å²) in [7, 11) is 0. The number of carboxylic acids is 1. The van der Waals surface area contributed by atoms with E-state index in [-0.39, 0.29) is 12.5 Å². The van der Waals surface area contributed by atoms with E-state index in [9.17, 15) is 14.7 Å². The quantitative estimate of drug-likeness (QED) is 0.800. The second-order valence-electron chi connectivity index (χ2n) is 6.91. The molecular weight excluding hydrogens is 330 g/mol. The lowest BCUT2D eigenvalue weighted by molar-refractivity contribution is -0.141. The van der Waals surface area contributed by atoms with Gasteiger partial charge < -0.3 is 10.4 Å². The van der Waals surface area contributed by atoms with Gasteiger partial charge in [0.2, 0.25) is 0 Å². The molecule has 0 spiro atoms. The van der Waals surface area contributed by atoms with E-state index in [1.165, 1.54) is 5.56 Å². The number of fused-ring (bicyclic) bond motifs is 1. The van der Waals surface area contributed by atoms with Crippen LogP contribution in [0.25, 0.3) is 5.69 Å². The van der Waals surface area contributed by atoms with Crippen LogP contribution in [0, 0.1) is 12.8 Å². The van der Waals surface area contributed by atoms with Gasteiger partial charge in [-0.1, -0.05) is 31.0 Å². The lowest BCUT2D eigenvalue weighted by Gasteiger charge is -2.12. The van der Waals surface area contributed by atoms with Crippen LogP contribution in [0.4, 0.5) is 0 Å². The summed E-state index contributed by atoms with van der Waals surface area (Å²) in [5.74, 6) is -1.71. The maximum absolute atomic E-state index is 12.7. The molecule has 2 N–H and O–H groups in total. The third kappa shape index (κ3) is 3.64. The molecule has 138 valence electrons. The van der Waals surface area contributed by atoms with Crippen LogP contribution in [0.3, 0.4) is 0 Å². The van der Waals surface area contributed by atoms with E-state index in [4.69, 9.17) is 0 Å². The molecule has 0 radical (unpaired) electrons. The number of hydrogen-bond acceptors (Lipinski definition) is 3. The number of aromatic nitrogens is 2. The maximum Gasteiger partial charge on any atom is 0.308 e. The summed E-state index contributed by atoms with van der Waals surface area (Å²) in [5, 5.41) is 16.6. The van der Waals surface area contributed by atoms with Crippen LogP contribution in [0.2, 0.25) is 0 Å². The number of nitrogens with zero attached hydrogens (tertiary/aromatic N) is 2. The van der Waals surface area contributed by atoms with Crippen molar-refractivity contribution >= 4 is 11.9 Å². The minimum atomic E-state index is -0.873. The fraction of sp³-hybridized carbons (Fsp3) is 0.450. The Morgan fingerprint density at radius 1 is 1.27 bits per heavy atom. The molecule has 1 unspecified atom stereocenters. The Labute approximate surface area is 153 Å². The largest absolute Gasteiger partial charge is 0.481 e. The van der Waals surface area contributed by atoms with Crippen LogP contribution in [-0.4, -0.2) is 33.3 Å². The van der Waals surface area contributed by atoms with Gasteiger partial charge in [-0.25, -0.2) is 4.68 Å². The van der Waals surface area contributed by atoms with Crippen LogP contribution in [0.5, 0.6) is 0 Å². The molecular formula is C20H25N3O3. The monoisotopic (exact) mass is 355 g/mol. The van der Waals surface area contributed by atoms with Gasteiger partial charge in [-0.3, -0.25) is 9.59 Å². The van der Waals surface area contributed by atoms with E-state index in [1.54, 1.807) is 0 Å². The first-order chi connectivity index (χ1) is 12.5. The third-order valence-electron chi connectivity index (χ3n) is 4.92. The molecule has 0 aliphatic heterocycles. The van der Waals surface area contributed by atoms with E-state index in [1.807, 2.05) is 42.8 Å². The van der Waals surface area contributed by atoms with Gasteiger partial charge in [0.1, 0.15) is 0 Å². The Bertz CT molecular complexity index is 808. The molecule has 6 nitrogen and oxygen atoms in total. The molecule has 1 amide bonds. The summed E-state index contributed by atoms with van der Waals surface area (Å²) in [6.07, 6.45) is 4.06. The second-order valence-corrected chi connectivity index (χ2v) is 6.91. The number of aliphatic carboxylic acids is 1. The normalized spacial score (nSPS) is 14.1. The number of benzene rings is 1. The average Bonchev–Trinajstić information content (AvgIpc) is 3.21. The molecule has 1 aliphatic carbocycles. The van der Waals surface area contributed by atoms with Crippen molar-refractivity contribution < 1.29 is 14.7 Å². The highest BCUT2D eigenvalue weighted by atomic mass is 16.4. The number of carboxylic acid groups (broad SMARTS) is 1. The van der Waals surface area contributed by atoms with Crippen molar-refractivity contribution in [2.24, 2.45) is 5.92 Å². The average molecular weight is 355 g/mol. The standard InChI is InChI=1S/C20H25N3O3/c1-3-5-14(20(25)26)12-21-19(24)18-16-6-4-7-17(16)23(22-18)15-10-8-13(2)9-11-15/h8-11,14H,3-7,12H2,1-2H3,(H,21,24)(H,25,26). The van der Waals surface area contributed by atoms with Gasteiger partial charge in [-0.2, -0.15) is 5.10 Å². The fourth-order valence-electron chi connectivity index (χ4n) is 3.48. The Balaban J connectivity index is 1.82. The SMILES string of the molecule is CCCC(CNC(=O)c1nn(-c2ccc(C)cc2)c2c1CCC2)C(=O)O. The van der Waals surface area contributed by atoms with Gasteiger partial charge in [0, 0.05) is 17.8 Å². The van der Waals surface area contributed by atoms with E-state index >= 15 is 0 Å². The van der Waals surface area contributed by atoms with Crippen molar-refractivity contribution in [3.8, 4) is 5.69 Å². The van der Waals surface area contributed by atoms with E-state index in [0.717, 1.165) is 42.6 Å². The molecule has 1 atom stereocenters. The minimum Gasteiger partial charge on any atom is -0.481 e. The van der Waals surface area contributed by atoms with Crippen LogP contribution in [0.1, 0.15) is 53.5 Å². The minimum absolute atomic E-state index is 0.133. The van der Waals surface area contributed by atoms with Crippen molar-refractivity contribution in [3.63, 3.8) is 0 Å². The number of hydrogen-bond donors (Lipinski definition) is 2. The van der Waals surface area contributed by atoms with Crippen LogP contribution in [0.15, 0.2) is 24.3 Å². The summed E-state index contributed by atoms with van der Waals surface area (Å²) in [5.41, 5.74) is 4.62. The number of amides is 1. The molecule has 6 heteroatoms. The predicted molar refractivity (Wildman–Crippen MR) is 98.7 cm³/mol. The van der Waals surface area contributed by atoms with Gasteiger partial charge in [0.25, 0.3) is 5.91 Å². The van der Waals surface area contributed by atoms with Crippen LogP contribution < -0.4 is 5.32 Å². The Hall–Kier alpha value is -2.63. The first kappa shape index (κ1) is 18.2. The fourth-order valence-corrected chi connectivity index (χ4v) is 3.48. The highest BCUT2D eigenvalue weighted by molar-refractivity contribution is 5.94. The lowest BCUT2D eigenvalue weighted by atomic mass is 10.0. The van der Waals surface area contributed by atoms with Gasteiger partial charge >= 0.3 is 5.97 Å². The molecule has 1 aromatic heterocycles. The summed E-state index contributed by atoms with van der Waals surface area (Å²) in [6, 6.07) is 8.06. The van der Waals surface area contributed by atoms with Gasteiger partial charge in [-0.15, -0.1) is 0 Å². The second kappa shape index (κ2) is 7.72. The maximum atomic E-state index is 12.7. The Morgan fingerprint density at radius 2 is 2.00 bits per heavy atom. The first-order valence-electron chi connectivity index (χ1n) is 9.20. The molecule has 1 heterocycles. The number of rotatable bonds is 7. The molecule has 2 aromatic rings. The van der Waals surface area contributed by atoms with E-state index in [2.05, 4.69) is 10.4 Å². The zero-order valence-electron chi connectivity index (χ0n) is 15.3. The molecule has 1 aromatic carbocycles. The van der Waals surface area contributed by atoms with E-state index in [0.29, 0.717) is 12.1 Å². The molecule has 0 saturated heterocycles. The molecule has 26 heavy (non-hydrogen) atoms. The first-order valence-corrected chi connectivity index (χ1v) is 9.20.